The predicted molar refractivity (Wildman–Crippen MR) is 100 cm³/mol. The normalized spacial score (nSPS) is 20.1. The Balaban J connectivity index is 2.18. The number of rotatable bonds is 5. The number of carbonyl (C=O) groups excluding carboxylic acids is 2. The Morgan fingerprint density at radius 2 is 2.00 bits per heavy atom. The van der Waals surface area contributed by atoms with E-state index in [1.54, 1.807) is 11.0 Å². The summed E-state index contributed by atoms with van der Waals surface area (Å²) in [4.78, 5) is 26.9. The van der Waals surface area contributed by atoms with Crippen molar-refractivity contribution in [1.82, 2.24) is 15.5 Å². The van der Waals surface area contributed by atoms with Gasteiger partial charge in [-0.2, -0.15) is 0 Å². The van der Waals surface area contributed by atoms with Crippen molar-refractivity contribution in [2.75, 3.05) is 19.6 Å². The number of unbranched alkanes of at least 4 members (excludes halogenated alkanes) is 1. The number of carbonyl (C=O) groups is 2. The average Bonchev–Trinajstić information content (AvgIpc) is 2.99. The zero-order valence-corrected chi connectivity index (χ0v) is 16.1. The SMILES string of the molecule is CCCCNC(=O)[C@H]1CN(C(=O)NC(C)(C)C)C[C@@H]1c1cccc(F)c1. The number of benzene rings is 1. The molecule has 1 saturated heterocycles. The molecule has 144 valence electrons. The Bertz CT molecular complexity index is 642. The van der Waals surface area contributed by atoms with E-state index in [1.165, 1.54) is 12.1 Å². The van der Waals surface area contributed by atoms with Crippen molar-refractivity contribution in [3.05, 3.63) is 35.6 Å². The molecule has 6 heteroatoms. The number of likely N-dealkylation sites (tertiary alicyclic amines) is 1. The number of urea groups is 1. The zero-order chi connectivity index (χ0) is 19.3. The summed E-state index contributed by atoms with van der Waals surface area (Å²) in [7, 11) is 0. The molecule has 1 aromatic rings. The van der Waals surface area contributed by atoms with Gasteiger partial charge in [0.05, 0.1) is 5.92 Å². The van der Waals surface area contributed by atoms with Crippen LogP contribution in [0, 0.1) is 11.7 Å². The highest BCUT2D eigenvalue weighted by atomic mass is 19.1. The number of hydrogen-bond acceptors (Lipinski definition) is 2. The Labute approximate surface area is 155 Å². The molecule has 1 aromatic carbocycles. The molecular weight excluding hydrogens is 333 g/mol. The molecule has 1 fully saturated rings. The standard InChI is InChI=1S/C20H30FN3O2/c1-5-6-10-22-18(25)17-13-24(19(26)23-20(2,3)4)12-16(17)14-8-7-9-15(21)11-14/h7-9,11,16-17H,5-6,10,12-13H2,1-4H3,(H,22,25)(H,23,26)/t16-,17+/m1/s1. The number of hydrogen-bond donors (Lipinski definition) is 2. The summed E-state index contributed by atoms with van der Waals surface area (Å²) in [5.41, 5.74) is 0.402. The number of nitrogens with zero attached hydrogens (tertiary/aromatic N) is 1. The molecule has 1 heterocycles. The minimum absolute atomic E-state index is 0.0706. The van der Waals surface area contributed by atoms with E-state index in [0.717, 1.165) is 18.4 Å². The highest BCUT2D eigenvalue weighted by Gasteiger charge is 2.40. The lowest BCUT2D eigenvalue weighted by Gasteiger charge is -2.25. The maximum absolute atomic E-state index is 13.7. The van der Waals surface area contributed by atoms with Gasteiger partial charge in [0.15, 0.2) is 0 Å². The third-order valence-electron chi connectivity index (χ3n) is 4.53. The maximum atomic E-state index is 13.7. The molecule has 2 atom stereocenters. The van der Waals surface area contributed by atoms with Crippen molar-refractivity contribution in [3.8, 4) is 0 Å². The molecule has 0 spiro atoms. The van der Waals surface area contributed by atoms with Gasteiger partial charge >= 0.3 is 6.03 Å². The molecule has 2 rings (SSSR count). The van der Waals surface area contributed by atoms with E-state index >= 15 is 0 Å². The molecule has 2 N–H and O–H groups in total. The van der Waals surface area contributed by atoms with Crippen molar-refractivity contribution in [3.63, 3.8) is 0 Å². The molecular formula is C20H30FN3O2. The van der Waals surface area contributed by atoms with Gasteiger partial charge in [0.2, 0.25) is 5.91 Å². The number of halogens is 1. The van der Waals surface area contributed by atoms with E-state index in [2.05, 4.69) is 17.6 Å². The first-order chi connectivity index (χ1) is 12.2. The fourth-order valence-corrected chi connectivity index (χ4v) is 3.23. The molecule has 0 unspecified atom stereocenters. The zero-order valence-electron chi connectivity index (χ0n) is 16.1. The number of nitrogens with one attached hydrogen (secondary N) is 2. The molecule has 1 aliphatic heterocycles. The van der Waals surface area contributed by atoms with Gasteiger partial charge in [0.25, 0.3) is 0 Å². The second kappa shape index (κ2) is 8.52. The number of amides is 3. The first-order valence-electron chi connectivity index (χ1n) is 9.31. The van der Waals surface area contributed by atoms with E-state index in [1.807, 2.05) is 26.8 Å². The van der Waals surface area contributed by atoms with Crippen LogP contribution in [0.25, 0.3) is 0 Å². The monoisotopic (exact) mass is 363 g/mol. The predicted octanol–water partition coefficient (Wildman–Crippen LogP) is 3.27. The van der Waals surface area contributed by atoms with Crippen LogP contribution < -0.4 is 10.6 Å². The van der Waals surface area contributed by atoms with Crippen molar-refractivity contribution >= 4 is 11.9 Å². The fourth-order valence-electron chi connectivity index (χ4n) is 3.23. The summed E-state index contributed by atoms with van der Waals surface area (Å²) >= 11 is 0. The third-order valence-corrected chi connectivity index (χ3v) is 4.53. The first kappa shape index (κ1) is 20.2. The van der Waals surface area contributed by atoms with E-state index in [-0.39, 0.29) is 35.1 Å². The Morgan fingerprint density at radius 1 is 1.27 bits per heavy atom. The molecule has 0 aromatic heterocycles. The van der Waals surface area contributed by atoms with Gasteiger partial charge in [-0.15, -0.1) is 0 Å². The van der Waals surface area contributed by atoms with Gasteiger partial charge < -0.3 is 15.5 Å². The second-order valence-electron chi connectivity index (χ2n) is 8.00. The molecule has 5 nitrogen and oxygen atoms in total. The van der Waals surface area contributed by atoms with Gasteiger partial charge in [0.1, 0.15) is 5.82 Å². The largest absolute Gasteiger partial charge is 0.356 e. The smallest absolute Gasteiger partial charge is 0.317 e. The lowest BCUT2D eigenvalue weighted by atomic mass is 9.88. The Kier molecular flexibility index (Phi) is 6.62. The van der Waals surface area contributed by atoms with Crippen LogP contribution in [0.1, 0.15) is 52.0 Å². The third kappa shape index (κ3) is 5.44. The van der Waals surface area contributed by atoms with E-state index in [4.69, 9.17) is 0 Å². The quantitative estimate of drug-likeness (QED) is 0.789. The van der Waals surface area contributed by atoms with Gasteiger partial charge in [-0.05, 0) is 44.9 Å². The molecule has 1 aliphatic rings. The molecule has 26 heavy (non-hydrogen) atoms. The fraction of sp³-hybridized carbons (Fsp3) is 0.600. The van der Waals surface area contributed by atoms with Crippen molar-refractivity contribution in [2.24, 2.45) is 5.92 Å². The topological polar surface area (TPSA) is 61.4 Å². The lowest BCUT2D eigenvalue weighted by Crippen LogP contribution is -2.48. The summed E-state index contributed by atoms with van der Waals surface area (Å²) in [6.45, 7) is 9.17. The minimum atomic E-state index is -0.376. The van der Waals surface area contributed by atoms with Gasteiger partial charge in [0, 0.05) is 31.1 Å². The van der Waals surface area contributed by atoms with Crippen LogP contribution in [0.5, 0.6) is 0 Å². The Hall–Kier alpha value is -2.11. The van der Waals surface area contributed by atoms with E-state index in [0.29, 0.717) is 19.6 Å². The van der Waals surface area contributed by atoms with Gasteiger partial charge in [-0.25, -0.2) is 9.18 Å². The molecule has 3 amide bonds. The first-order valence-corrected chi connectivity index (χ1v) is 9.31. The Morgan fingerprint density at radius 3 is 2.62 bits per heavy atom. The van der Waals surface area contributed by atoms with E-state index < -0.39 is 0 Å². The average molecular weight is 363 g/mol. The minimum Gasteiger partial charge on any atom is -0.356 e. The van der Waals surface area contributed by atoms with Crippen LogP contribution in [-0.4, -0.2) is 42.0 Å². The molecule has 0 bridgehead atoms. The van der Waals surface area contributed by atoms with Crippen LogP contribution in [0.15, 0.2) is 24.3 Å². The van der Waals surface area contributed by atoms with Crippen molar-refractivity contribution < 1.29 is 14.0 Å². The van der Waals surface area contributed by atoms with E-state index in [9.17, 15) is 14.0 Å². The van der Waals surface area contributed by atoms with Crippen LogP contribution >= 0.6 is 0 Å². The molecule has 0 aliphatic carbocycles. The highest BCUT2D eigenvalue weighted by Crippen LogP contribution is 2.33. The van der Waals surface area contributed by atoms with Gasteiger partial charge in [-0.1, -0.05) is 25.5 Å². The molecule has 0 radical (unpaired) electrons. The second-order valence-corrected chi connectivity index (χ2v) is 8.00. The van der Waals surface area contributed by atoms with Crippen LogP contribution in [0.4, 0.5) is 9.18 Å². The van der Waals surface area contributed by atoms with Crippen molar-refractivity contribution in [2.45, 2.75) is 52.0 Å². The summed E-state index contributed by atoms with van der Waals surface area (Å²) in [5, 5.41) is 5.89. The molecule has 0 saturated carbocycles. The summed E-state index contributed by atoms with van der Waals surface area (Å²) in [6, 6.07) is 6.13. The summed E-state index contributed by atoms with van der Waals surface area (Å²) in [6.07, 6.45) is 1.91. The summed E-state index contributed by atoms with van der Waals surface area (Å²) < 4.78 is 13.7. The highest BCUT2D eigenvalue weighted by molar-refractivity contribution is 5.83. The van der Waals surface area contributed by atoms with Gasteiger partial charge in [-0.3, -0.25) is 4.79 Å². The van der Waals surface area contributed by atoms with Crippen LogP contribution in [-0.2, 0) is 4.79 Å². The summed E-state index contributed by atoms with van der Waals surface area (Å²) in [5.74, 6) is -0.985. The van der Waals surface area contributed by atoms with Crippen molar-refractivity contribution in [1.29, 1.82) is 0 Å². The maximum Gasteiger partial charge on any atom is 0.317 e. The lowest BCUT2D eigenvalue weighted by molar-refractivity contribution is -0.124. The van der Waals surface area contributed by atoms with Crippen LogP contribution in [0.3, 0.4) is 0 Å². The van der Waals surface area contributed by atoms with Crippen LogP contribution in [0.2, 0.25) is 0 Å².